The molecule has 0 saturated heterocycles. The molecule has 0 aliphatic heterocycles. The Bertz CT molecular complexity index is 575. The molecule has 0 radical (unpaired) electrons. The van der Waals surface area contributed by atoms with E-state index in [1.54, 1.807) is 6.92 Å². The Morgan fingerprint density at radius 3 is 2.83 bits per heavy atom. The minimum atomic E-state index is 0.663. The van der Waals surface area contributed by atoms with E-state index in [9.17, 15) is 0 Å². The zero-order valence-corrected chi connectivity index (χ0v) is 11.0. The highest BCUT2D eigenvalue weighted by Crippen LogP contribution is 2.02. The molecule has 0 amide bonds. The Morgan fingerprint density at radius 1 is 1.39 bits per heavy atom. The van der Waals surface area contributed by atoms with Gasteiger partial charge in [-0.05, 0) is 44.9 Å². The number of nitrogens with zero attached hydrogens (tertiary/aromatic N) is 2. The Kier molecular flexibility index (Phi) is 5.42. The van der Waals surface area contributed by atoms with Crippen molar-refractivity contribution < 1.29 is 0 Å². The van der Waals surface area contributed by atoms with E-state index in [1.807, 2.05) is 44.2 Å². The maximum atomic E-state index is 8.65. The van der Waals surface area contributed by atoms with E-state index in [2.05, 4.69) is 22.9 Å². The number of aryl methyl sites for hydroxylation is 1. The van der Waals surface area contributed by atoms with Gasteiger partial charge in [0.2, 0.25) is 0 Å². The topological polar surface area (TPSA) is 36.7 Å². The second-order valence-corrected chi connectivity index (χ2v) is 4.06. The van der Waals surface area contributed by atoms with Crippen molar-refractivity contribution in [3.63, 3.8) is 0 Å². The predicted molar refractivity (Wildman–Crippen MR) is 73.6 cm³/mol. The molecule has 1 heterocycles. The summed E-state index contributed by atoms with van der Waals surface area (Å²) in [5.41, 5.74) is 3.53. The summed E-state index contributed by atoms with van der Waals surface area (Å²) >= 11 is 0. The molecular formula is C16H16N2. The highest BCUT2D eigenvalue weighted by molar-refractivity contribution is 5.32. The normalized spacial score (nSPS) is 11.4. The molecule has 0 atom stereocenters. The molecule has 1 rings (SSSR count). The molecule has 1 aromatic heterocycles. The highest BCUT2D eigenvalue weighted by Gasteiger charge is 1.88. The largest absolute Gasteiger partial charge is 0.245 e. The second kappa shape index (κ2) is 7.09. The van der Waals surface area contributed by atoms with E-state index in [0.29, 0.717) is 12.0 Å². The average molecular weight is 236 g/mol. The summed E-state index contributed by atoms with van der Waals surface area (Å²) in [6.45, 7) is 5.71. The number of pyridine rings is 1. The number of allylic oxidation sites excluding steroid dienone is 4. The fraction of sp³-hybridized carbons (Fsp3) is 0.250. The van der Waals surface area contributed by atoms with Crippen LogP contribution in [0.4, 0.5) is 0 Å². The first-order valence-electron chi connectivity index (χ1n) is 5.79. The number of hydrogen-bond donors (Lipinski definition) is 0. The van der Waals surface area contributed by atoms with E-state index < -0.39 is 0 Å². The lowest BCUT2D eigenvalue weighted by molar-refractivity contribution is 1.17. The van der Waals surface area contributed by atoms with E-state index in [4.69, 9.17) is 5.26 Å². The van der Waals surface area contributed by atoms with Gasteiger partial charge in [-0.2, -0.15) is 5.26 Å². The molecule has 0 unspecified atom stereocenters. The quantitative estimate of drug-likeness (QED) is 0.447. The van der Waals surface area contributed by atoms with Crippen molar-refractivity contribution in [3.05, 3.63) is 52.9 Å². The summed E-state index contributed by atoms with van der Waals surface area (Å²) in [4.78, 5) is 4.30. The lowest BCUT2D eigenvalue weighted by Crippen LogP contribution is -1.84. The number of rotatable bonds is 2. The van der Waals surface area contributed by atoms with Crippen LogP contribution >= 0.6 is 0 Å². The maximum Gasteiger partial charge on any atom is 0.113 e. The van der Waals surface area contributed by atoms with E-state index >= 15 is 0 Å². The zero-order valence-electron chi connectivity index (χ0n) is 11.0. The standard InChI is InChI=1S/C16H16N2/c1-13(11-14(2)12-17)7-4-5-9-16-10-6-8-15(3)18-16/h6-8,10-11H,4H2,1-3H3. The van der Waals surface area contributed by atoms with Crippen LogP contribution in [0, 0.1) is 30.1 Å². The van der Waals surface area contributed by atoms with Crippen LogP contribution in [0.1, 0.15) is 31.7 Å². The molecule has 0 spiro atoms. The van der Waals surface area contributed by atoms with Crippen LogP contribution in [-0.2, 0) is 0 Å². The number of hydrogen-bond acceptors (Lipinski definition) is 2. The van der Waals surface area contributed by atoms with Gasteiger partial charge in [-0.3, -0.25) is 0 Å². The molecule has 18 heavy (non-hydrogen) atoms. The zero-order chi connectivity index (χ0) is 13.4. The van der Waals surface area contributed by atoms with Gasteiger partial charge in [0.1, 0.15) is 5.69 Å². The second-order valence-electron chi connectivity index (χ2n) is 4.06. The molecule has 0 fully saturated rings. The van der Waals surface area contributed by atoms with Crippen molar-refractivity contribution >= 4 is 0 Å². The van der Waals surface area contributed by atoms with Gasteiger partial charge in [-0.1, -0.05) is 23.6 Å². The number of nitriles is 1. The first-order valence-corrected chi connectivity index (χ1v) is 5.79. The van der Waals surface area contributed by atoms with Crippen LogP contribution in [0.3, 0.4) is 0 Å². The molecule has 90 valence electrons. The third-order valence-electron chi connectivity index (χ3n) is 2.25. The molecule has 2 heteroatoms. The van der Waals surface area contributed by atoms with E-state index in [0.717, 1.165) is 17.0 Å². The molecule has 0 aliphatic rings. The van der Waals surface area contributed by atoms with E-state index in [-0.39, 0.29) is 0 Å². The fourth-order valence-electron chi connectivity index (χ4n) is 1.40. The fourth-order valence-corrected chi connectivity index (χ4v) is 1.40. The minimum Gasteiger partial charge on any atom is -0.245 e. The van der Waals surface area contributed by atoms with Gasteiger partial charge < -0.3 is 0 Å². The van der Waals surface area contributed by atoms with Crippen LogP contribution in [0.15, 0.2) is 41.5 Å². The molecule has 0 N–H and O–H groups in total. The minimum absolute atomic E-state index is 0.663. The van der Waals surface area contributed by atoms with Crippen LogP contribution in [0.2, 0.25) is 0 Å². The Balaban J connectivity index is 2.63. The lowest BCUT2D eigenvalue weighted by Gasteiger charge is -1.92. The Hall–Kier alpha value is -2.32. The SMILES string of the molecule is CC(C#N)=CC(C)=CCC#Cc1cccc(C)n1. The molecule has 1 aromatic rings. The molecule has 0 aliphatic carbocycles. The summed E-state index contributed by atoms with van der Waals surface area (Å²) in [5.74, 6) is 6.07. The monoisotopic (exact) mass is 236 g/mol. The van der Waals surface area contributed by atoms with Crippen LogP contribution in [-0.4, -0.2) is 4.98 Å². The van der Waals surface area contributed by atoms with Crippen molar-refractivity contribution in [2.45, 2.75) is 27.2 Å². The molecule has 0 saturated carbocycles. The van der Waals surface area contributed by atoms with Crippen LogP contribution in [0.25, 0.3) is 0 Å². The Labute approximate surface area is 109 Å². The van der Waals surface area contributed by atoms with Gasteiger partial charge in [0.25, 0.3) is 0 Å². The average Bonchev–Trinajstić information content (AvgIpc) is 2.34. The van der Waals surface area contributed by atoms with Crippen molar-refractivity contribution in [2.75, 3.05) is 0 Å². The summed E-state index contributed by atoms with van der Waals surface area (Å²) < 4.78 is 0. The highest BCUT2D eigenvalue weighted by atomic mass is 14.7. The third-order valence-corrected chi connectivity index (χ3v) is 2.25. The molecule has 0 bridgehead atoms. The predicted octanol–water partition coefficient (Wildman–Crippen LogP) is 3.55. The van der Waals surface area contributed by atoms with Crippen LogP contribution in [0.5, 0.6) is 0 Å². The summed E-state index contributed by atoms with van der Waals surface area (Å²) in [6.07, 6.45) is 4.52. The van der Waals surface area contributed by atoms with Gasteiger partial charge in [0.05, 0.1) is 6.07 Å². The van der Waals surface area contributed by atoms with Gasteiger partial charge in [-0.15, -0.1) is 0 Å². The van der Waals surface area contributed by atoms with E-state index in [1.165, 1.54) is 0 Å². The summed E-state index contributed by atoms with van der Waals surface area (Å²) in [7, 11) is 0. The van der Waals surface area contributed by atoms with Gasteiger partial charge in [0.15, 0.2) is 0 Å². The first-order chi connectivity index (χ1) is 8.61. The molecular weight excluding hydrogens is 220 g/mol. The van der Waals surface area contributed by atoms with Crippen molar-refractivity contribution in [1.82, 2.24) is 4.98 Å². The lowest BCUT2D eigenvalue weighted by atomic mass is 10.2. The Morgan fingerprint density at radius 2 is 2.17 bits per heavy atom. The van der Waals surface area contributed by atoms with Crippen molar-refractivity contribution in [1.29, 1.82) is 5.26 Å². The van der Waals surface area contributed by atoms with Gasteiger partial charge in [0, 0.05) is 17.7 Å². The first kappa shape index (κ1) is 13.7. The van der Waals surface area contributed by atoms with Gasteiger partial charge in [-0.25, -0.2) is 4.98 Å². The number of aromatic nitrogens is 1. The molecule has 2 nitrogen and oxygen atoms in total. The summed E-state index contributed by atoms with van der Waals surface area (Å²) in [6, 6.07) is 7.89. The van der Waals surface area contributed by atoms with Crippen molar-refractivity contribution in [3.8, 4) is 17.9 Å². The van der Waals surface area contributed by atoms with Gasteiger partial charge >= 0.3 is 0 Å². The maximum absolute atomic E-state index is 8.65. The smallest absolute Gasteiger partial charge is 0.113 e. The van der Waals surface area contributed by atoms with Crippen LogP contribution < -0.4 is 0 Å². The van der Waals surface area contributed by atoms with Crippen molar-refractivity contribution in [2.24, 2.45) is 0 Å². The molecule has 0 aromatic carbocycles. The summed E-state index contributed by atoms with van der Waals surface area (Å²) in [5, 5.41) is 8.65. The third kappa shape index (κ3) is 5.14.